The van der Waals surface area contributed by atoms with Gasteiger partial charge in [-0.3, -0.25) is 24.6 Å². The van der Waals surface area contributed by atoms with Crippen molar-refractivity contribution in [2.45, 2.75) is 13.5 Å². The number of anilines is 1. The van der Waals surface area contributed by atoms with E-state index >= 15 is 0 Å². The van der Waals surface area contributed by atoms with Gasteiger partial charge in [0.2, 0.25) is 0 Å². The molecule has 150 valence electrons. The van der Waals surface area contributed by atoms with Gasteiger partial charge in [0.25, 0.3) is 11.6 Å². The zero-order valence-electron chi connectivity index (χ0n) is 15.9. The number of carbonyl (C=O) groups excluding carboxylic acids is 1. The number of pyridine rings is 1. The van der Waals surface area contributed by atoms with Crippen molar-refractivity contribution in [1.29, 1.82) is 0 Å². The molecule has 0 spiro atoms. The quantitative estimate of drug-likeness (QED) is 0.458. The third-order valence-corrected chi connectivity index (χ3v) is 3.96. The highest BCUT2D eigenvalue weighted by Gasteiger charge is 2.25. The molecule has 0 fully saturated rings. The fourth-order valence-electron chi connectivity index (χ4n) is 2.67. The second kappa shape index (κ2) is 8.83. The largest absolute Gasteiger partial charge is 0.493 e. The van der Waals surface area contributed by atoms with Crippen LogP contribution in [0.15, 0.2) is 48.8 Å². The lowest BCUT2D eigenvalue weighted by Crippen LogP contribution is -2.15. The number of methoxy groups -OCH3 is 1. The Labute approximate surface area is 166 Å². The maximum absolute atomic E-state index is 12.7. The van der Waals surface area contributed by atoms with Crippen molar-refractivity contribution >= 4 is 17.4 Å². The standard InChI is InChI=1S/C19H19N5O5/c1-3-29-17-10-14(15(24(26)27)11-16(17)28-2)19(25)21-18-7-9-23(22-18)12-13-6-4-5-8-20-13/h4-11H,3,12H2,1-2H3,(H,21,22,25). The van der Waals surface area contributed by atoms with Crippen LogP contribution in [0.4, 0.5) is 11.5 Å². The molecule has 3 rings (SSSR count). The minimum atomic E-state index is -0.677. The van der Waals surface area contributed by atoms with E-state index in [1.807, 2.05) is 18.2 Å². The van der Waals surface area contributed by atoms with Crippen LogP contribution in [0.2, 0.25) is 0 Å². The van der Waals surface area contributed by atoms with E-state index in [9.17, 15) is 14.9 Å². The molecule has 0 atom stereocenters. The van der Waals surface area contributed by atoms with Gasteiger partial charge in [-0.15, -0.1) is 0 Å². The van der Waals surface area contributed by atoms with Crippen molar-refractivity contribution in [2.24, 2.45) is 0 Å². The van der Waals surface area contributed by atoms with Crippen LogP contribution < -0.4 is 14.8 Å². The Balaban J connectivity index is 1.83. The predicted molar refractivity (Wildman–Crippen MR) is 104 cm³/mol. The van der Waals surface area contributed by atoms with Crippen molar-refractivity contribution < 1.29 is 19.2 Å². The molecule has 0 unspecified atom stereocenters. The Bertz CT molecular complexity index is 1020. The first-order valence-electron chi connectivity index (χ1n) is 8.75. The van der Waals surface area contributed by atoms with Crippen molar-refractivity contribution in [2.75, 3.05) is 19.0 Å². The Hall–Kier alpha value is -3.95. The van der Waals surface area contributed by atoms with Crippen LogP contribution in [0.1, 0.15) is 23.0 Å². The number of nitrogens with zero attached hydrogens (tertiary/aromatic N) is 4. The summed E-state index contributed by atoms with van der Waals surface area (Å²) in [6, 6.07) is 9.60. The highest BCUT2D eigenvalue weighted by Crippen LogP contribution is 2.35. The van der Waals surface area contributed by atoms with E-state index in [-0.39, 0.29) is 22.9 Å². The molecule has 3 aromatic rings. The van der Waals surface area contributed by atoms with Gasteiger partial charge in [0.05, 0.1) is 36.9 Å². The molecule has 0 saturated carbocycles. The summed E-state index contributed by atoms with van der Waals surface area (Å²) < 4.78 is 12.1. The summed E-state index contributed by atoms with van der Waals surface area (Å²) in [5, 5.41) is 18.3. The molecule has 2 aromatic heterocycles. The topological polar surface area (TPSA) is 121 Å². The zero-order chi connectivity index (χ0) is 20.8. The van der Waals surface area contributed by atoms with E-state index in [0.29, 0.717) is 13.2 Å². The number of hydrogen-bond donors (Lipinski definition) is 1. The third kappa shape index (κ3) is 4.67. The summed E-state index contributed by atoms with van der Waals surface area (Å²) in [6.07, 6.45) is 3.36. The number of carbonyl (C=O) groups is 1. The Morgan fingerprint density at radius 1 is 1.28 bits per heavy atom. The summed E-state index contributed by atoms with van der Waals surface area (Å²) in [6.45, 7) is 2.50. The molecular weight excluding hydrogens is 378 g/mol. The van der Waals surface area contributed by atoms with Gasteiger partial charge in [-0.25, -0.2) is 0 Å². The summed E-state index contributed by atoms with van der Waals surface area (Å²) >= 11 is 0. The molecule has 0 aliphatic heterocycles. The van der Waals surface area contributed by atoms with E-state index < -0.39 is 16.5 Å². The first-order chi connectivity index (χ1) is 14.0. The summed E-state index contributed by atoms with van der Waals surface area (Å²) in [4.78, 5) is 27.7. The van der Waals surface area contributed by atoms with Gasteiger partial charge in [0.1, 0.15) is 5.56 Å². The molecule has 2 heterocycles. The number of hydrogen-bond acceptors (Lipinski definition) is 7. The van der Waals surface area contributed by atoms with Gasteiger partial charge in [-0.1, -0.05) is 6.07 Å². The van der Waals surface area contributed by atoms with Crippen molar-refractivity contribution in [3.8, 4) is 11.5 Å². The SMILES string of the molecule is CCOc1cc(C(=O)Nc2ccn(Cc3ccccn3)n2)c([N+](=O)[O-])cc1OC. The van der Waals surface area contributed by atoms with E-state index in [1.54, 1.807) is 30.1 Å². The van der Waals surface area contributed by atoms with Crippen molar-refractivity contribution in [1.82, 2.24) is 14.8 Å². The van der Waals surface area contributed by atoms with Crippen LogP contribution in [0.25, 0.3) is 0 Å². The second-order valence-corrected chi connectivity index (χ2v) is 5.88. The maximum atomic E-state index is 12.7. The normalized spacial score (nSPS) is 10.4. The molecule has 0 aliphatic carbocycles. The Morgan fingerprint density at radius 2 is 2.10 bits per heavy atom. The Kier molecular flexibility index (Phi) is 6.03. The summed E-state index contributed by atoms with van der Waals surface area (Å²) in [5.74, 6) is -0.00132. The number of nitrogens with one attached hydrogen (secondary N) is 1. The van der Waals surface area contributed by atoms with Crippen LogP contribution in [0.3, 0.4) is 0 Å². The lowest BCUT2D eigenvalue weighted by Gasteiger charge is -2.11. The highest BCUT2D eigenvalue weighted by molar-refractivity contribution is 6.07. The molecule has 0 radical (unpaired) electrons. The minimum absolute atomic E-state index is 0.154. The maximum Gasteiger partial charge on any atom is 0.286 e. The number of amides is 1. The first kappa shape index (κ1) is 19.8. The summed E-state index contributed by atoms with van der Waals surface area (Å²) in [7, 11) is 1.37. The number of rotatable bonds is 8. The molecule has 29 heavy (non-hydrogen) atoms. The van der Waals surface area contributed by atoms with Crippen LogP contribution in [-0.2, 0) is 6.54 Å². The number of benzene rings is 1. The average molecular weight is 397 g/mol. The van der Waals surface area contributed by atoms with Crippen LogP contribution in [-0.4, -0.2) is 39.3 Å². The van der Waals surface area contributed by atoms with E-state index in [1.165, 1.54) is 19.2 Å². The van der Waals surface area contributed by atoms with Crippen LogP contribution >= 0.6 is 0 Å². The van der Waals surface area contributed by atoms with Gasteiger partial charge in [-0.05, 0) is 19.1 Å². The molecular formula is C19H19N5O5. The number of ether oxygens (including phenoxy) is 2. The third-order valence-electron chi connectivity index (χ3n) is 3.96. The molecule has 1 aromatic carbocycles. The lowest BCUT2D eigenvalue weighted by atomic mass is 10.1. The van der Waals surface area contributed by atoms with E-state index in [4.69, 9.17) is 9.47 Å². The van der Waals surface area contributed by atoms with Gasteiger partial charge in [0, 0.05) is 24.5 Å². The zero-order valence-corrected chi connectivity index (χ0v) is 15.9. The summed E-state index contributed by atoms with van der Waals surface area (Å²) in [5.41, 5.74) is 0.259. The minimum Gasteiger partial charge on any atom is -0.493 e. The van der Waals surface area contributed by atoms with Crippen molar-refractivity contribution in [3.05, 3.63) is 70.2 Å². The number of nitro benzene ring substituents is 1. The van der Waals surface area contributed by atoms with Gasteiger partial charge < -0.3 is 14.8 Å². The smallest absolute Gasteiger partial charge is 0.286 e. The second-order valence-electron chi connectivity index (χ2n) is 5.88. The molecule has 1 amide bonds. The molecule has 0 bridgehead atoms. The van der Waals surface area contributed by atoms with Crippen LogP contribution in [0.5, 0.6) is 11.5 Å². The fraction of sp³-hybridized carbons (Fsp3) is 0.211. The van der Waals surface area contributed by atoms with Gasteiger partial charge >= 0.3 is 0 Å². The van der Waals surface area contributed by atoms with Gasteiger partial charge in [0.15, 0.2) is 17.3 Å². The predicted octanol–water partition coefficient (Wildman–Crippen LogP) is 2.89. The average Bonchev–Trinajstić information content (AvgIpc) is 3.15. The fourth-order valence-corrected chi connectivity index (χ4v) is 2.67. The first-order valence-corrected chi connectivity index (χ1v) is 8.75. The molecule has 0 aliphatic rings. The molecule has 1 N–H and O–H groups in total. The van der Waals surface area contributed by atoms with Crippen molar-refractivity contribution in [3.63, 3.8) is 0 Å². The molecule has 10 heteroatoms. The molecule has 10 nitrogen and oxygen atoms in total. The monoisotopic (exact) mass is 397 g/mol. The van der Waals surface area contributed by atoms with Gasteiger partial charge in [-0.2, -0.15) is 5.10 Å². The molecule has 0 saturated heterocycles. The highest BCUT2D eigenvalue weighted by atomic mass is 16.6. The number of nitro groups is 1. The van der Waals surface area contributed by atoms with E-state index in [2.05, 4.69) is 15.4 Å². The van der Waals surface area contributed by atoms with E-state index in [0.717, 1.165) is 5.69 Å². The van der Waals surface area contributed by atoms with Crippen LogP contribution in [0, 0.1) is 10.1 Å². The number of aromatic nitrogens is 3. The lowest BCUT2D eigenvalue weighted by molar-refractivity contribution is -0.385. The Morgan fingerprint density at radius 3 is 2.76 bits per heavy atom.